The number of unbranched alkanes of at least 4 members (excludes halogenated alkanes) is 1. The molecule has 0 spiro atoms. The van der Waals surface area contributed by atoms with Crippen molar-refractivity contribution in [1.82, 2.24) is 0 Å². The van der Waals surface area contributed by atoms with Gasteiger partial charge in [0, 0.05) is 11.1 Å². The molecule has 2 rings (SSSR count). The summed E-state index contributed by atoms with van der Waals surface area (Å²) in [5, 5.41) is 0. The van der Waals surface area contributed by atoms with Crippen molar-refractivity contribution in [3.63, 3.8) is 0 Å². The van der Waals surface area contributed by atoms with Crippen molar-refractivity contribution >= 4 is 11.8 Å². The minimum Gasteiger partial charge on any atom is -0.462 e. The van der Waals surface area contributed by atoms with Crippen LogP contribution in [0.3, 0.4) is 0 Å². The van der Waals surface area contributed by atoms with Crippen LogP contribution in [0.15, 0.2) is 67.3 Å². The minimum atomic E-state index is -0.372. The van der Waals surface area contributed by atoms with Gasteiger partial charge < -0.3 is 4.74 Å². The second kappa shape index (κ2) is 7.93. The zero-order chi connectivity index (χ0) is 15.8. The van der Waals surface area contributed by atoms with Crippen molar-refractivity contribution < 1.29 is 14.3 Å². The van der Waals surface area contributed by atoms with Gasteiger partial charge in [0.1, 0.15) is 0 Å². The lowest BCUT2D eigenvalue weighted by atomic mass is 10.0. The van der Waals surface area contributed by atoms with Crippen LogP contribution >= 0.6 is 0 Å². The zero-order valence-electron chi connectivity index (χ0n) is 12.3. The van der Waals surface area contributed by atoms with Crippen molar-refractivity contribution in [1.29, 1.82) is 0 Å². The standard InChI is InChI=1S/C19H18O3/c1-2-3-7-14-22-19(21)17-12-10-16(11-13-17)18(20)15-8-5-4-6-9-15/h2,4-6,8-13H,1,3,7,14H2. The molecule has 0 aliphatic rings. The van der Waals surface area contributed by atoms with Crippen LogP contribution < -0.4 is 0 Å². The normalized spacial score (nSPS) is 10.0. The Morgan fingerprint density at radius 3 is 2.14 bits per heavy atom. The molecule has 2 aromatic rings. The van der Waals surface area contributed by atoms with Crippen molar-refractivity contribution in [2.75, 3.05) is 6.61 Å². The maximum absolute atomic E-state index is 12.2. The van der Waals surface area contributed by atoms with Gasteiger partial charge in [0.15, 0.2) is 5.78 Å². The first-order valence-corrected chi connectivity index (χ1v) is 7.20. The Kier molecular flexibility index (Phi) is 5.66. The molecule has 0 saturated heterocycles. The maximum atomic E-state index is 12.2. The van der Waals surface area contributed by atoms with Crippen LogP contribution in [-0.4, -0.2) is 18.4 Å². The largest absolute Gasteiger partial charge is 0.462 e. The molecular weight excluding hydrogens is 276 g/mol. The van der Waals surface area contributed by atoms with Crippen LogP contribution in [0.5, 0.6) is 0 Å². The number of carbonyl (C=O) groups excluding carboxylic acids is 2. The average molecular weight is 294 g/mol. The van der Waals surface area contributed by atoms with E-state index >= 15 is 0 Å². The van der Waals surface area contributed by atoms with E-state index in [4.69, 9.17) is 4.74 Å². The fourth-order valence-electron chi connectivity index (χ4n) is 1.99. The number of benzene rings is 2. The lowest BCUT2D eigenvalue weighted by Gasteiger charge is -2.05. The Balaban J connectivity index is 1.99. The molecule has 0 amide bonds. The van der Waals surface area contributed by atoms with Crippen molar-refractivity contribution in [2.45, 2.75) is 12.8 Å². The van der Waals surface area contributed by atoms with E-state index in [-0.39, 0.29) is 11.8 Å². The molecule has 3 heteroatoms. The fourth-order valence-corrected chi connectivity index (χ4v) is 1.99. The number of hydrogen-bond donors (Lipinski definition) is 0. The second-order valence-electron chi connectivity index (χ2n) is 4.84. The van der Waals surface area contributed by atoms with Gasteiger partial charge in [0.2, 0.25) is 0 Å². The van der Waals surface area contributed by atoms with Crippen molar-refractivity contribution in [3.05, 3.63) is 83.9 Å². The number of allylic oxidation sites excluding steroid dienone is 1. The Bertz CT molecular complexity index is 642. The molecule has 112 valence electrons. The first-order chi connectivity index (χ1) is 10.7. The quantitative estimate of drug-likeness (QED) is 0.335. The van der Waals surface area contributed by atoms with E-state index in [0.717, 1.165) is 12.8 Å². The van der Waals surface area contributed by atoms with E-state index in [2.05, 4.69) is 6.58 Å². The van der Waals surface area contributed by atoms with Crippen molar-refractivity contribution in [3.8, 4) is 0 Å². The molecule has 0 atom stereocenters. The first-order valence-electron chi connectivity index (χ1n) is 7.20. The summed E-state index contributed by atoms with van der Waals surface area (Å²) in [7, 11) is 0. The molecular formula is C19H18O3. The molecule has 0 bridgehead atoms. The molecule has 0 aliphatic carbocycles. The zero-order valence-corrected chi connectivity index (χ0v) is 12.3. The average Bonchev–Trinajstić information content (AvgIpc) is 2.59. The third-order valence-electron chi connectivity index (χ3n) is 3.20. The van der Waals surface area contributed by atoms with Gasteiger partial charge in [-0.15, -0.1) is 6.58 Å². The third-order valence-corrected chi connectivity index (χ3v) is 3.20. The predicted octanol–water partition coefficient (Wildman–Crippen LogP) is 4.04. The molecule has 2 aromatic carbocycles. The van der Waals surface area contributed by atoms with Crippen LogP contribution in [0.25, 0.3) is 0 Å². The third kappa shape index (κ3) is 4.16. The number of hydrogen-bond acceptors (Lipinski definition) is 3. The van der Waals surface area contributed by atoms with Crippen LogP contribution in [0.4, 0.5) is 0 Å². The smallest absolute Gasteiger partial charge is 0.338 e. The molecule has 0 aromatic heterocycles. The lowest BCUT2D eigenvalue weighted by Crippen LogP contribution is -2.07. The van der Waals surface area contributed by atoms with Gasteiger partial charge in [0.05, 0.1) is 12.2 Å². The summed E-state index contributed by atoms with van der Waals surface area (Å²) in [6.45, 7) is 3.98. The summed E-state index contributed by atoms with van der Waals surface area (Å²) in [6, 6.07) is 15.6. The Labute approximate surface area is 130 Å². The molecule has 0 unspecified atom stereocenters. The second-order valence-corrected chi connectivity index (χ2v) is 4.84. The van der Waals surface area contributed by atoms with Crippen molar-refractivity contribution in [2.24, 2.45) is 0 Å². The molecule has 0 aliphatic heterocycles. The van der Waals surface area contributed by atoms with E-state index < -0.39 is 0 Å². The highest BCUT2D eigenvalue weighted by atomic mass is 16.5. The lowest BCUT2D eigenvalue weighted by molar-refractivity contribution is 0.0501. The summed E-state index contributed by atoms with van der Waals surface area (Å²) in [4.78, 5) is 24.1. The summed E-state index contributed by atoms with van der Waals surface area (Å²) in [5.41, 5.74) is 1.62. The van der Waals surface area contributed by atoms with Gasteiger partial charge in [-0.3, -0.25) is 4.79 Å². The van der Waals surface area contributed by atoms with Crippen LogP contribution in [0.1, 0.15) is 39.1 Å². The van der Waals surface area contributed by atoms with E-state index in [9.17, 15) is 9.59 Å². The molecule has 0 heterocycles. The van der Waals surface area contributed by atoms with Gasteiger partial charge in [0.25, 0.3) is 0 Å². The van der Waals surface area contributed by atoms with Crippen LogP contribution in [0, 0.1) is 0 Å². The Hall–Kier alpha value is -2.68. The Morgan fingerprint density at radius 2 is 1.50 bits per heavy atom. The number of ketones is 1. The summed E-state index contributed by atoms with van der Waals surface area (Å²) >= 11 is 0. The van der Waals surface area contributed by atoms with E-state index in [1.165, 1.54) is 0 Å². The van der Waals surface area contributed by atoms with Crippen LogP contribution in [0.2, 0.25) is 0 Å². The number of carbonyl (C=O) groups is 2. The van der Waals surface area contributed by atoms with E-state index in [0.29, 0.717) is 23.3 Å². The monoisotopic (exact) mass is 294 g/mol. The Morgan fingerprint density at radius 1 is 0.909 bits per heavy atom. The van der Waals surface area contributed by atoms with Crippen LogP contribution in [-0.2, 0) is 4.74 Å². The summed E-state index contributed by atoms with van der Waals surface area (Å²) < 4.78 is 5.14. The van der Waals surface area contributed by atoms with Gasteiger partial charge in [-0.2, -0.15) is 0 Å². The summed E-state index contributed by atoms with van der Waals surface area (Å²) in [5.74, 6) is -0.436. The number of ether oxygens (including phenoxy) is 1. The fraction of sp³-hybridized carbons (Fsp3) is 0.158. The highest BCUT2D eigenvalue weighted by Gasteiger charge is 2.11. The molecule has 0 saturated carbocycles. The molecule has 0 fully saturated rings. The number of esters is 1. The molecule has 3 nitrogen and oxygen atoms in total. The van der Waals surface area contributed by atoms with Gasteiger partial charge in [-0.05, 0) is 25.0 Å². The van der Waals surface area contributed by atoms with Gasteiger partial charge in [-0.1, -0.05) is 48.5 Å². The molecule has 22 heavy (non-hydrogen) atoms. The first kappa shape index (κ1) is 15.7. The predicted molar refractivity (Wildman–Crippen MR) is 86.0 cm³/mol. The van der Waals surface area contributed by atoms with Gasteiger partial charge >= 0.3 is 5.97 Å². The maximum Gasteiger partial charge on any atom is 0.338 e. The molecule has 0 N–H and O–H groups in total. The highest BCUT2D eigenvalue weighted by Crippen LogP contribution is 2.12. The van der Waals surface area contributed by atoms with E-state index in [1.807, 2.05) is 18.2 Å². The summed E-state index contributed by atoms with van der Waals surface area (Å²) in [6.07, 6.45) is 3.37. The topological polar surface area (TPSA) is 43.4 Å². The SMILES string of the molecule is C=CCCCOC(=O)c1ccc(C(=O)c2ccccc2)cc1. The van der Waals surface area contributed by atoms with E-state index in [1.54, 1.807) is 42.5 Å². The minimum absolute atomic E-state index is 0.0634. The number of rotatable bonds is 7. The highest BCUT2D eigenvalue weighted by molar-refractivity contribution is 6.09. The van der Waals surface area contributed by atoms with Gasteiger partial charge in [-0.25, -0.2) is 4.79 Å². The molecule has 0 radical (unpaired) electrons.